The van der Waals surface area contributed by atoms with E-state index >= 15 is 0 Å². The van der Waals surface area contributed by atoms with Gasteiger partial charge in [0.2, 0.25) is 0 Å². The average Bonchev–Trinajstić information content (AvgIpc) is 2.43. The lowest BCUT2D eigenvalue weighted by Crippen LogP contribution is -2.03. The second-order valence-corrected chi connectivity index (χ2v) is 5.50. The first-order chi connectivity index (χ1) is 9.15. The minimum Gasteiger partial charge on any atom is -0.293 e. The second-order valence-electron chi connectivity index (χ2n) is 4.58. The molecule has 0 aromatic heterocycles. The summed E-state index contributed by atoms with van der Waals surface area (Å²) in [5.41, 5.74) is 0.806. The molecule has 3 heteroatoms. The molecule has 1 aromatic carbocycles. The van der Waals surface area contributed by atoms with Crippen molar-refractivity contribution in [2.24, 2.45) is 0 Å². The molecule has 0 radical (unpaired) electrons. The summed E-state index contributed by atoms with van der Waals surface area (Å²) in [6.07, 6.45) is 6.80. The average molecular weight is 299 g/mol. The molecule has 0 aliphatic rings. The lowest BCUT2D eigenvalue weighted by Gasteiger charge is -2.06. The molecule has 0 fully saturated rings. The molecule has 0 saturated carbocycles. The fourth-order valence-electron chi connectivity index (χ4n) is 1.81. The molecule has 0 spiro atoms. The first kappa shape index (κ1) is 16.3. The van der Waals surface area contributed by atoms with E-state index in [9.17, 15) is 4.79 Å². The zero-order valence-electron chi connectivity index (χ0n) is 11.2. The fraction of sp³-hybridized carbons (Fsp3) is 0.438. The van der Waals surface area contributed by atoms with E-state index in [-0.39, 0.29) is 5.78 Å². The molecule has 1 atom stereocenters. The molecule has 1 unspecified atom stereocenters. The van der Waals surface area contributed by atoms with Crippen LogP contribution in [0.15, 0.2) is 41.4 Å². The van der Waals surface area contributed by atoms with Gasteiger partial charge in [0.05, 0.1) is 0 Å². The predicted octanol–water partition coefficient (Wildman–Crippen LogP) is 5.63. The summed E-state index contributed by atoms with van der Waals surface area (Å²) >= 11 is 12.2. The summed E-state index contributed by atoms with van der Waals surface area (Å²) in [6.45, 7) is 2.17. The van der Waals surface area contributed by atoms with E-state index in [0.717, 1.165) is 24.8 Å². The van der Waals surface area contributed by atoms with Crippen molar-refractivity contribution in [2.75, 3.05) is 0 Å². The Morgan fingerprint density at radius 1 is 1.21 bits per heavy atom. The van der Waals surface area contributed by atoms with E-state index in [2.05, 4.69) is 6.92 Å². The van der Waals surface area contributed by atoms with Gasteiger partial charge in [-0.3, -0.25) is 4.79 Å². The van der Waals surface area contributed by atoms with Crippen molar-refractivity contribution in [1.82, 2.24) is 0 Å². The SMILES string of the molecule is CCCCCC/C(Cl)=C/C(=O)C(Cl)c1ccccc1. The highest BCUT2D eigenvalue weighted by molar-refractivity contribution is 6.36. The van der Waals surface area contributed by atoms with E-state index in [4.69, 9.17) is 23.2 Å². The number of hydrogen-bond acceptors (Lipinski definition) is 1. The Bertz CT molecular complexity index is 412. The summed E-state index contributed by atoms with van der Waals surface area (Å²) in [6, 6.07) is 9.33. The van der Waals surface area contributed by atoms with E-state index in [1.165, 1.54) is 18.9 Å². The summed E-state index contributed by atoms with van der Waals surface area (Å²) in [4.78, 5) is 11.9. The van der Waals surface area contributed by atoms with Crippen LogP contribution in [0.2, 0.25) is 0 Å². The maximum Gasteiger partial charge on any atom is 0.179 e. The third kappa shape index (κ3) is 6.26. The zero-order chi connectivity index (χ0) is 14.1. The van der Waals surface area contributed by atoms with E-state index in [1.807, 2.05) is 30.3 Å². The molecule has 1 rings (SSSR count). The van der Waals surface area contributed by atoms with Crippen molar-refractivity contribution < 1.29 is 4.79 Å². The second kappa shape index (κ2) is 9.17. The number of allylic oxidation sites excluding steroid dienone is 2. The largest absolute Gasteiger partial charge is 0.293 e. The van der Waals surface area contributed by atoms with Gasteiger partial charge in [-0.1, -0.05) is 68.1 Å². The summed E-state index contributed by atoms with van der Waals surface area (Å²) in [7, 11) is 0. The molecular formula is C16H20Cl2O. The van der Waals surface area contributed by atoms with Crippen LogP contribution >= 0.6 is 23.2 Å². The molecule has 0 bridgehead atoms. The van der Waals surface area contributed by atoms with Crippen LogP contribution in [0.5, 0.6) is 0 Å². The number of alkyl halides is 1. The van der Waals surface area contributed by atoms with Crippen molar-refractivity contribution >= 4 is 29.0 Å². The van der Waals surface area contributed by atoms with Crippen LogP contribution in [0.3, 0.4) is 0 Å². The topological polar surface area (TPSA) is 17.1 Å². The Labute approximate surface area is 125 Å². The van der Waals surface area contributed by atoms with Crippen molar-refractivity contribution in [1.29, 1.82) is 0 Å². The molecule has 0 amide bonds. The maximum atomic E-state index is 11.9. The number of benzene rings is 1. The van der Waals surface area contributed by atoms with Gasteiger partial charge >= 0.3 is 0 Å². The number of hydrogen-bond donors (Lipinski definition) is 0. The molecule has 0 heterocycles. The molecule has 0 N–H and O–H groups in total. The van der Waals surface area contributed by atoms with Gasteiger partial charge in [-0.2, -0.15) is 0 Å². The number of carbonyl (C=O) groups excluding carboxylic acids is 1. The highest BCUT2D eigenvalue weighted by atomic mass is 35.5. The maximum absolute atomic E-state index is 11.9. The van der Waals surface area contributed by atoms with Gasteiger partial charge in [0, 0.05) is 5.03 Å². The first-order valence-corrected chi connectivity index (χ1v) is 7.55. The first-order valence-electron chi connectivity index (χ1n) is 6.74. The number of carbonyl (C=O) groups is 1. The summed E-state index contributed by atoms with van der Waals surface area (Å²) in [5.74, 6) is -0.145. The van der Waals surface area contributed by atoms with E-state index in [0.29, 0.717) is 5.03 Å². The number of rotatable bonds is 8. The minimum atomic E-state index is -0.648. The van der Waals surface area contributed by atoms with Crippen molar-refractivity contribution in [3.05, 3.63) is 47.0 Å². The van der Waals surface area contributed by atoms with Crippen LogP contribution in [0.4, 0.5) is 0 Å². The molecule has 0 saturated heterocycles. The lowest BCUT2D eigenvalue weighted by molar-refractivity contribution is -0.114. The number of unbranched alkanes of at least 4 members (excludes halogenated alkanes) is 3. The van der Waals surface area contributed by atoms with Gasteiger partial charge in [0.1, 0.15) is 5.38 Å². The van der Waals surface area contributed by atoms with Crippen molar-refractivity contribution in [2.45, 2.75) is 44.4 Å². The van der Waals surface area contributed by atoms with Crippen LogP contribution < -0.4 is 0 Å². The van der Waals surface area contributed by atoms with Crippen LogP contribution in [-0.4, -0.2) is 5.78 Å². The summed E-state index contributed by atoms with van der Waals surface area (Å²) < 4.78 is 0. The Balaban J connectivity index is 2.48. The molecular weight excluding hydrogens is 279 g/mol. The van der Waals surface area contributed by atoms with E-state index in [1.54, 1.807) is 0 Å². The minimum absolute atomic E-state index is 0.145. The highest BCUT2D eigenvalue weighted by Gasteiger charge is 2.15. The smallest absolute Gasteiger partial charge is 0.179 e. The third-order valence-electron chi connectivity index (χ3n) is 2.91. The Hall–Kier alpha value is -0.790. The van der Waals surface area contributed by atoms with Crippen molar-refractivity contribution in [3.63, 3.8) is 0 Å². The number of ketones is 1. The van der Waals surface area contributed by atoms with Gasteiger partial charge in [-0.25, -0.2) is 0 Å². The third-order valence-corrected chi connectivity index (χ3v) is 3.68. The van der Waals surface area contributed by atoms with Gasteiger partial charge in [-0.15, -0.1) is 11.6 Å². The number of halogens is 2. The molecule has 0 aliphatic carbocycles. The monoisotopic (exact) mass is 298 g/mol. The predicted molar refractivity (Wildman–Crippen MR) is 82.7 cm³/mol. The van der Waals surface area contributed by atoms with Crippen LogP contribution in [0.25, 0.3) is 0 Å². The van der Waals surface area contributed by atoms with Crippen LogP contribution in [-0.2, 0) is 4.79 Å². The fourth-order valence-corrected chi connectivity index (χ4v) is 2.26. The van der Waals surface area contributed by atoms with Crippen molar-refractivity contribution in [3.8, 4) is 0 Å². The van der Waals surface area contributed by atoms with Crippen LogP contribution in [0, 0.1) is 0 Å². The molecule has 19 heavy (non-hydrogen) atoms. The molecule has 104 valence electrons. The normalized spacial score (nSPS) is 13.3. The van der Waals surface area contributed by atoms with Gasteiger partial charge in [-0.05, 0) is 24.5 Å². The lowest BCUT2D eigenvalue weighted by atomic mass is 10.1. The highest BCUT2D eigenvalue weighted by Crippen LogP contribution is 2.23. The summed E-state index contributed by atoms with van der Waals surface area (Å²) in [5, 5.41) is -0.0479. The molecule has 1 nitrogen and oxygen atoms in total. The molecule has 1 aromatic rings. The Morgan fingerprint density at radius 3 is 2.53 bits per heavy atom. The molecule has 0 aliphatic heterocycles. The van der Waals surface area contributed by atoms with Crippen LogP contribution in [0.1, 0.15) is 50.0 Å². The van der Waals surface area contributed by atoms with Gasteiger partial charge < -0.3 is 0 Å². The van der Waals surface area contributed by atoms with Gasteiger partial charge in [0.25, 0.3) is 0 Å². The zero-order valence-corrected chi connectivity index (χ0v) is 12.8. The Kier molecular flexibility index (Phi) is 7.85. The van der Waals surface area contributed by atoms with E-state index < -0.39 is 5.38 Å². The quantitative estimate of drug-likeness (QED) is 0.345. The standard InChI is InChI=1S/C16H20Cl2O/c1-2-3-4-8-11-14(17)12-15(19)16(18)13-9-6-5-7-10-13/h5-7,9-10,12,16H,2-4,8,11H2,1H3/b14-12-. The van der Waals surface area contributed by atoms with Gasteiger partial charge in [0.15, 0.2) is 5.78 Å². The Morgan fingerprint density at radius 2 is 1.89 bits per heavy atom.